The molecule has 14 heteroatoms. The Kier molecular flexibility index (Phi) is 13.0. The summed E-state index contributed by atoms with van der Waals surface area (Å²) in [6.45, 7) is 2.94. The second kappa shape index (κ2) is 10.3. The highest BCUT2D eigenvalue weighted by molar-refractivity contribution is 8.82. The van der Waals surface area contributed by atoms with Crippen molar-refractivity contribution in [2.45, 2.75) is 19.5 Å². The van der Waals surface area contributed by atoms with Crippen molar-refractivity contribution in [3.05, 3.63) is 0 Å². The Morgan fingerprint density at radius 3 is 1.35 bits per heavy atom. The highest BCUT2D eigenvalue weighted by Gasteiger charge is 2.35. The summed E-state index contributed by atoms with van der Waals surface area (Å²) in [5, 5.41) is 0. The Hall–Kier alpha value is 4.45. The quantitative estimate of drug-likeness (QED) is 0.399. The molecule has 17 heavy (non-hydrogen) atoms. The first-order chi connectivity index (χ1) is 7.60. The summed E-state index contributed by atoms with van der Waals surface area (Å²) in [5.41, 5.74) is -0.117. The van der Waals surface area contributed by atoms with Crippen LogP contribution in [0.1, 0.15) is 13.8 Å². The third-order valence-corrected chi connectivity index (χ3v) is 35.2. The lowest BCUT2D eigenvalue weighted by molar-refractivity contribution is 0.416. The summed E-state index contributed by atoms with van der Waals surface area (Å²) in [4.78, 5) is 0. The summed E-state index contributed by atoms with van der Waals surface area (Å²) in [5.74, 6) is 0. The van der Waals surface area contributed by atoms with Gasteiger partial charge in [-0.15, -0.1) is 35.7 Å². The standard InChI is InChI=1S/C3H19O3P11/c1-3(2)17(4,5-13(7)15(9)10)6-14(8)16(11)12/h3H,7-12H2,1-2H3. The molecule has 0 radical (unpaired) electrons. The number of rotatable bonds is 7. The molecule has 0 aliphatic carbocycles. The van der Waals surface area contributed by atoms with Crippen molar-refractivity contribution in [1.82, 2.24) is 0 Å². The third kappa shape index (κ3) is 8.60. The van der Waals surface area contributed by atoms with Gasteiger partial charge in [0.15, 0.2) is 0 Å². The van der Waals surface area contributed by atoms with Crippen LogP contribution in [-0.4, -0.2) is 5.66 Å². The first-order valence-electron chi connectivity index (χ1n) is 4.27. The lowest BCUT2D eigenvalue weighted by Crippen LogP contribution is -1.99. The van der Waals surface area contributed by atoms with Crippen molar-refractivity contribution in [2.75, 3.05) is 0 Å². The normalized spacial score (nSPS) is 19.7. The molecule has 0 aliphatic rings. The fourth-order valence-corrected chi connectivity index (χ4v) is 15.2. The van der Waals surface area contributed by atoms with Crippen LogP contribution in [0.25, 0.3) is 0 Å². The van der Waals surface area contributed by atoms with E-state index in [4.69, 9.17) is 8.62 Å². The van der Waals surface area contributed by atoms with Crippen molar-refractivity contribution in [1.29, 1.82) is 0 Å². The highest BCUT2D eigenvalue weighted by atomic mass is 32.8. The van der Waals surface area contributed by atoms with Crippen LogP contribution in [0.5, 0.6) is 0 Å². The zero-order valence-electron chi connectivity index (χ0n) is 9.50. The third-order valence-electron chi connectivity index (χ3n) is 1.48. The predicted molar refractivity (Wildman–Crippen MR) is 111 cm³/mol. The number of hydrogen-bond acceptors (Lipinski definition) is 3. The van der Waals surface area contributed by atoms with Crippen molar-refractivity contribution in [3.63, 3.8) is 0 Å². The lowest BCUT2D eigenvalue weighted by atomic mass is 10.6. The van der Waals surface area contributed by atoms with Gasteiger partial charge in [-0.05, 0) is 14.0 Å². The van der Waals surface area contributed by atoms with E-state index in [0.29, 0.717) is 0 Å². The van der Waals surface area contributed by atoms with Gasteiger partial charge in [0, 0.05) is 0 Å². The van der Waals surface area contributed by atoms with Gasteiger partial charge in [0.2, 0.25) is 0 Å². The Morgan fingerprint density at radius 2 is 1.18 bits per heavy atom. The summed E-state index contributed by atoms with van der Waals surface area (Å²) >= 11 is 0. The first-order valence-corrected chi connectivity index (χ1v) is 22.2. The fraction of sp³-hybridized carbons (Fsp3) is 1.00. The fourth-order valence-electron chi connectivity index (χ4n) is 0.521. The molecule has 8 atom stereocenters. The minimum atomic E-state index is -3.02. The molecule has 0 spiro atoms. The maximum Gasteiger partial charge on any atom is 0.340 e. The SMILES string of the molecule is CC(C)P(=O)(OP(P)P(P)P)OP(P)P(P)P. The van der Waals surface area contributed by atoms with E-state index in [1.165, 1.54) is 0 Å². The second-order valence-electron chi connectivity index (χ2n) is 3.16. The van der Waals surface area contributed by atoms with E-state index in [1.807, 2.05) is 13.8 Å². The smallest absolute Gasteiger partial charge is 0.276 e. The van der Waals surface area contributed by atoms with Crippen molar-refractivity contribution < 1.29 is 13.2 Å². The van der Waals surface area contributed by atoms with Crippen LogP contribution in [0, 0.1) is 0 Å². The second-order valence-corrected chi connectivity index (χ2v) is 35.3. The van der Waals surface area contributed by atoms with Gasteiger partial charge in [-0.2, -0.15) is 0 Å². The Morgan fingerprint density at radius 1 is 0.882 bits per heavy atom. The topological polar surface area (TPSA) is 35.5 Å². The zero-order chi connectivity index (χ0) is 13.8. The highest BCUT2D eigenvalue weighted by Crippen LogP contribution is 2.92. The lowest BCUT2D eigenvalue weighted by Gasteiger charge is -2.29. The molecule has 8 unspecified atom stereocenters. The molecule has 0 rings (SSSR count). The molecule has 0 amide bonds. The largest absolute Gasteiger partial charge is 0.340 e. The summed E-state index contributed by atoms with van der Waals surface area (Å²) < 4.78 is 24.1. The predicted octanol–water partition coefficient (Wildman–Crippen LogP) is 6.95. The van der Waals surface area contributed by atoms with Crippen molar-refractivity contribution >= 4 is 90.2 Å². The van der Waals surface area contributed by atoms with Gasteiger partial charge in [-0.25, -0.2) is 0 Å². The van der Waals surface area contributed by atoms with Gasteiger partial charge >= 0.3 is 7.60 Å². The molecule has 0 bridgehead atoms. The summed E-state index contributed by atoms with van der Waals surface area (Å²) in [6, 6.07) is 0. The van der Waals surface area contributed by atoms with Crippen LogP contribution in [-0.2, 0) is 13.2 Å². The molecule has 0 heterocycles. The van der Waals surface area contributed by atoms with Crippen LogP contribution in [0.15, 0.2) is 0 Å². The Labute approximate surface area is 122 Å². The number of hydrogen-bond donors (Lipinski definition) is 0. The molecular formula is C3H19O3P11. The van der Waals surface area contributed by atoms with Gasteiger partial charge in [-0.3, -0.25) is 13.2 Å². The monoisotopic (exact) mass is 444 g/mol. The van der Waals surface area contributed by atoms with Crippen LogP contribution in [0.3, 0.4) is 0 Å². The molecule has 0 aromatic carbocycles. The molecule has 104 valence electrons. The summed E-state index contributed by atoms with van der Waals surface area (Å²) in [7, 11) is 11.5. The zero-order valence-corrected chi connectivity index (χ0v) is 20.9. The van der Waals surface area contributed by atoms with E-state index in [2.05, 4.69) is 53.6 Å². The summed E-state index contributed by atoms with van der Waals surface area (Å²) in [6.07, 6.45) is 0. The molecule has 0 fully saturated rings. The molecule has 0 aromatic rings. The molecule has 3 nitrogen and oxygen atoms in total. The van der Waals surface area contributed by atoms with Gasteiger partial charge in [0.1, 0.15) is 0 Å². The van der Waals surface area contributed by atoms with E-state index in [1.54, 1.807) is 0 Å². The molecule has 0 aliphatic heterocycles. The molecule has 0 saturated carbocycles. The van der Waals surface area contributed by atoms with Gasteiger partial charge in [0.05, 0.1) is 20.7 Å². The Balaban J connectivity index is 4.75. The van der Waals surface area contributed by atoms with Crippen LogP contribution < -0.4 is 0 Å². The van der Waals surface area contributed by atoms with Crippen LogP contribution in [0.2, 0.25) is 0 Å². The van der Waals surface area contributed by atoms with Crippen LogP contribution in [0.4, 0.5) is 0 Å². The van der Waals surface area contributed by atoms with E-state index >= 15 is 0 Å². The van der Waals surface area contributed by atoms with E-state index in [-0.39, 0.29) is 5.66 Å². The van der Waals surface area contributed by atoms with Gasteiger partial charge in [-0.1, -0.05) is 31.7 Å². The van der Waals surface area contributed by atoms with E-state index in [9.17, 15) is 4.57 Å². The molecule has 0 saturated heterocycles. The van der Waals surface area contributed by atoms with E-state index < -0.39 is 36.6 Å². The first kappa shape index (κ1) is 21.4. The van der Waals surface area contributed by atoms with E-state index in [0.717, 1.165) is 0 Å². The molecule has 0 aromatic heterocycles. The maximum atomic E-state index is 12.7. The van der Waals surface area contributed by atoms with Crippen LogP contribution >= 0.6 is 90.2 Å². The van der Waals surface area contributed by atoms with Gasteiger partial charge in [0.25, 0.3) is 0 Å². The Bertz CT molecular complexity index is 247. The average molecular weight is 444 g/mol. The molecule has 0 N–H and O–H groups in total. The minimum Gasteiger partial charge on any atom is -0.276 e. The average Bonchev–Trinajstić information content (AvgIpc) is 2.16. The maximum absolute atomic E-state index is 12.7. The van der Waals surface area contributed by atoms with Crippen molar-refractivity contribution in [3.8, 4) is 0 Å². The molecular weight excluding hydrogens is 425 g/mol. The minimum absolute atomic E-state index is 0.117. The van der Waals surface area contributed by atoms with Gasteiger partial charge < -0.3 is 0 Å². The van der Waals surface area contributed by atoms with Crippen molar-refractivity contribution in [2.24, 2.45) is 0 Å².